The molecule has 0 aliphatic heterocycles. The number of aryl methyl sites for hydroxylation is 1. The van der Waals surface area contributed by atoms with E-state index >= 15 is 0 Å². The predicted octanol–water partition coefficient (Wildman–Crippen LogP) is 4.42. The Bertz CT molecular complexity index is 940. The summed E-state index contributed by atoms with van der Waals surface area (Å²) >= 11 is 1.50. The molecule has 0 radical (unpaired) electrons. The van der Waals surface area contributed by atoms with Gasteiger partial charge in [-0.1, -0.05) is 17.8 Å². The number of nitrogens with one attached hydrogen (secondary N) is 1. The molecule has 25 heavy (non-hydrogen) atoms. The van der Waals surface area contributed by atoms with Crippen LogP contribution in [-0.2, 0) is 6.54 Å². The molecule has 0 spiro atoms. The van der Waals surface area contributed by atoms with Crippen molar-refractivity contribution in [1.29, 1.82) is 0 Å². The number of anilines is 1. The Labute approximate surface area is 148 Å². The van der Waals surface area contributed by atoms with Gasteiger partial charge in [-0.25, -0.2) is 18.7 Å². The molecule has 2 heterocycles. The lowest BCUT2D eigenvalue weighted by atomic mass is 10.1. The van der Waals surface area contributed by atoms with E-state index in [1.807, 2.05) is 18.5 Å². The molecular weight excluding hydrogens is 342 g/mol. The van der Waals surface area contributed by atoms with Gasteiger partial charge in [-0.15, -0.1) is 0 Å². The van der Waals surface area contributed by atoms with Crippen molar-refractivity contribution < 1.29 is 8.78 Å². The van der Waals surface area contributed by atoms with E-state index in [9.17, 15) is 8.78 Å². The Balaban J connectivity index is 1.61. The van der Waals surface area contributed by atoms with Gasteiger partial charge in [-0.05, 0) is 43.4 Å². The van der Waals surface area contributed by atoms with Crippen LogP contribution < -0.4 is 5.32 Å². The minimum Gasteiger partial charge on any atom is -0.366 e. The Morgan fingerprint density at radius 1 is 1.24 bits per heavy atom. The summed E-state index contributed by atoms with van der Waals surface area (Å²) in [5.74, 6) is -0.628. The van der Waals surface area contributed by atoms with Crippen molar-refractivity contribution in [3.8, 4) is 0 Å². The highest BCUT2D eigenvalue weighted by Crippen LogP contribution is 2.43. The molecule has 0 unspecified atom stereocenters. The lowest BCUT2D eigenvalue weighted by molar-refractivity contribution is 0.507. The van der Waals surface area contributed by atoms with Gasteiger partial charge in [0.15, 0.2) is 16.8 Å². The van der Waals surface area contributed by atoms with Crippen molar-refractivity contribution in [2.24, 2.45) is 0 Å². The molecule has 1 aromatic carbocycles. The lowest BCUT2D eigenvalue weighted by Gasteiger charge is -2.09. The number of benzene rings is 1. The number of halogens is 2. The largest absolute Gasteiger partial charge is 0.366 e. The summed E-state index contributed by atoms with van der Waals surface area (Å²) in [5.41, 5.74) is 1.73. The second kappa shape index (κ2) is 6.29. The van der Waals surface area contributed by atoms with Gasteiger partial charge >= 0.3 is 0 Å². The molecule has 1 N–H and O–H groups in total. The molecule has 4 nitrogen and oxygen atoms in total. The first-order valence-electron chi connectivity index (χ1n) is 8.23. The fraction of sp³-hybridized carbons (Fsp3) is 0.333. The van der Waals surface area contributed by atoms with Crippen LogP contribution in [-0.4, -0.2) is 26.8 Å². The van der Waals surface area contributed by atoms with Crippen molar-refractivity contribution in [3.63, 3.8) is 0 Å². The van der Waals surface area contributed by atoms with Crippen molar-refractivity contribution in [3.05, 3.63) is 47.7 Å². The van der Waals surface area contributed by atoms with Crippen molar-refractivity contribution >= 4 is 28.6 Å². The summed E-state index contributed by atoms with van der Waals surface area (Å²) in [5, 5.41) is 5.16. The van der Waals surface area contributed by atoms with Crippen LogP contribution in [0.1, 0.15) is 24.8 Å². The second-order valence-corrected chi connectivity index (χ2v) is 6.94. The Morgan fingerprint density at radius 3 is 2.80 bits per heavy atom. The standard InChI is InChI=1S/C18H18F2N4S/c1-3-24-7-6-11-16(22-18(25-2)23-17(11)24)21-15-9-12(15)10-4-5-13(19)14(20)8-10/h4-8,12,15H,3,9H2,1-2H3,(H,21,22,23)/t12-,15+/m0/s1. The molecule has 3 aromatic rings. The maximum atomic E-state index is 13.4. The molecule has 1 fully saturated rings. The molecule has 2 aromatic heterocycles. The fourth-order valence-corrected chi connectivity index (χ4v) is 3.50. The highest BCUT2D eigenvalue weighted by atomic mass is 32.2. The topological polar surface area (TPSA) is 42.7 Å². The average molecular weight is 360 g/mol. The zero-order valence-corrected chi connectivity index (χ0v) is 14.8. The maximum absolute atomic E-state index is 13.4. The molecule has 0 bridgehead atoms. The summed E-state index contributed by atoms with van der Waals surface area (Å²) < 4.78 is 28.6. The number of hydrogen-bond acceptors (Lipinski definition) is 4. The first kappa shape index (κ1) is 16.3. The highest BCUT2D eigenvalue weighted by Gasteiger charge is 2.39. The molecule has 7 heteroatoms. The molecule has 1 aliphatic rings. The van der Waals surface area contributed by atoms with Crippen LogP contribution in [0.3, 0.4) is 0 Å². The van der Waals surface area contributed by atoms with Gasteiger partial charge in [-0.2, -0.15) is 0 Å². The molecule has 1 saturated carbocycles. The van der Waals surface area contributed by atoms with E-state index in [1.54, 1.807) is 6.07 Å². The highest BCUT2D eigenvalue weighted by molar-refractivity contribution is 7.98. The van der Waals surface area contributed by atoms with Crippen LogP contribution in [0.15, 0.2) is 35.6 Å². The molecule has 4 rings (SSSR count). The van der Waals surface area contributed by atoms with Crippen LogP contribution in [0.4, 0.5) is 14.6 Å². The number of aromatic nitrogens is 3. The number of hydrogen-bond donors (Lipinski definition) is 1. The van der Waals surface area contributed by atoms with Crippen LogP contribution >= 0.6 is 11.8 Å². The SMILES string of the molecule is CCn1ccc2c(N[C@@H]3C[C@H]3c3ccc(F)c(F)c3)nc(SC)nc21. The van der Waals surface area contributed by atoms with Crippen molar-refractivity contribution in [1.82, 2.24) is 14.5 Å². The third-order valence-electron chi connectivity index (χ3n) is 4.61. The van der Waals surface area contributed by atoms with Gasteiger partial charge in [0.25, 0.3) is 0 Å². The monoisotopic (exact) mass is 360 g/mol. The summed E-state index contributed by atoms with van der Waals surface area (Å²) in [4.78, 5) is 9.20. The summed E-state index contributed by atoms with van der Waals surface area (Å²) in [6.45, 7) is 2.92. The zero-order chi connectivity index (χ0) is 17.6. The minimum absolute atomic E-state index is 0.169. The Hall–Kier alpha value is -2.15. The fourth-order valence-electron chi connectivity index (χ4n) is 3.14. The van der Waals surface area contributed by atoms with E-state index in [2.05, 4.69) is 26.8 Å². The molecule has 0 amide bonds. The van der Waals surface area contributed by atoms with E-state index < -0.39 is 11.6 Å². The third kappa shape index (κ3) is 2.97. The van der Waals surface area contributed by atoms with Crippen LogP contribution in [0.25, 0.3) is 11.0 Å². The van der Waals surface area contributed by atoms with Gasteiger partial charge in [0.05, 0.1) is 5.39 Å². The number of fused-ring (bicyclic) bond motifs is 1. The summed E-state index contributed by atoms with van der Waals surface area (Å²) in [6, 6.07) is 6.32. The number of thioether (sulfide) groups is 1. The van der Waals surface area contributed by atoms with E-state index in [0.29, 0.717) is 5.16 Å². The van der Waals surface area contributed by atoms with E-state index in [0.717, 1.165) is 35.4 Å². The van der Waals surface area contributed by atoms with Crippen LogP contribution in [0.5, 0.6) is 0 Å². The third-order valence-corrected chi connectivity index (χ3v) is 5.15. The Kier molecular flexibility index (Phi) is 4.11. The van der Waals surface area contributed by atoms with Gasteiger partial charge < -0.3 is 9.88 Å². The molecule has 0 saturated heterocycles. The quantitative estimate of drug-likeness (QED) is 0.540. The average Bonchev–Trinajstić information content (AvgIpc) is 3.25. The number of nitrogens with zero attached hydrogens (tertiary/aromatic N) is 3. The second-order valence-electron chi connectivity index (χ2n) is 6.16. The van der Waals surface area contributed by atoms with Gasteiger partial charge in [-0.3, -0.25) is 0 Å². The first-order valence-corrected chi connectivity index (χ1v) is 9.45. The lowest BCUT2D eigenvalue weighted by Crippen LogP contribution is -2.08. The first-order chi connectivity index (χ1) is 12.1. The summed E-state index contributed by atoms with van der Waals surface area (Å²) in [6.07, 6.45) is 4.83. The van der Waals surface area contributed by atoms with Gasteiger partial charge in [0.1, 0.15) is 11.5 Å². The van der Waals surface area contributed by atoms with Gasteiger partial charge in [0, 0.05) is 24.7 Å². The Morgan fingerprint density at radius 2 is 2.08 bits per heavy atom. The van der Waals surface area contributed by atoms with Crippen molar-refractivity contribution in [2.45, 2.75) is 37.0 Å². The smallest absolute Gasteiger partial charge is 0.191 e. The van der Waals surface area contributed by atoms with Gasteiger partial charge in [0.2, 0.25) is 0 Å². The maximum Gasteiger partial charge on any atom is 0.191 e. The van der Waals surface area contributed by atoms with E-state index in [4.69, 9.17) is 0 Å². The minimum atomic E-state index is -0.808. The summed E-state index contributed by atoms with van der Waals surface area (Å²) in [7, 11) is 0. The van der Waals surface area contributed by atoms with E-state index in [-0.39, 0.29) is 12.0 Å². The molecule has 2 atom stereocenters. The normalized spacial score (nSPS) is 19.4. The molecule has 1 aliphatic carbocycles. The van der Waals surface area contributed by atoms with Crippen LogP contribution in [0.2, 0.25) is 0 Å². The molecule has 130 valence electrons. The van der Waals surface area contributed by atoms with E-state index in [1.165, 1.54) is 23.9 Å². The number of rotatable bonds is 5. The zero-order valence-electron chi connectivity index (χ0n) is 14.0. The molecular formula is C18H18F2N4S. The predicted molar refractivity (Wildman–Crippen MR) is 96.1 cm³/mol. The van der Waals surface area contributed by atoms with Crippen molar-refractivity contribution in [2.75, 3.05) is 11.6 Å². The van der Waals surface area contributed by atoms with Crippen LogP contribution in [0, 0.1) is 11.6 Å².